The maximum Gasteiger partial charge on any atom is 0.232 e. The molecular weight excluding hydrogens is 368 g/mol. The average molecular weight is 397 g/mol. The fraction of sp³-hybridized carbons (Fsp3) is 0.632. The average Bonchev–Trinajstić information content (AvgIpc) is 3.06. The molecule has 8 heteroatoms. The minimum atomic E-state index is -3.48. The SMILES string of the molecule is Cc1cccc(N(CCC(=O)N2CCC3(CC2)OCCO3)S(C)(=O)=O)c1C. The summed E-state index contributed by atoms with van der Waals surface area (Å²) in [6, 6.07) is 5.57. The van der Waals surface area contributed by atoms with E-state index >= 15 is 0 Å². The van der Waals surface area contributed by atoms with E-state index in [1.54, 1.807) is 11.0 Å². The van der Waals surface area contributed by atoms with E-state index in [2.05, 4.69) is 0 Å². The van der Waals surface area contributed by atoms with Crippen molar-refractivity contribution in [1.29, 1.82) is 0 Å². The molecule has 0 unspecified atom stereocenters. The van der Waals surface area contributed by atoms with Gasteiger partial charge < -0.3 is 14.4 Å². The molecule has 2 fully saturated rings. The van der Waals surface area contributed by atoms with Crippen LogP contribution in [-0.4, -0.2) is 64.1 Å². The van der Waals surface area contributed by atoms with Crippen molar-refractivity contribution in [2.75, 3.05) is 43.4 Å². The van der Waals surface area contributed by atoms with Crippen LogP contribution < -0.4 is 4.31 Å². The number of hydrogen-bond donors (Lipinski definition) is 0. The lowest BCUT2D eigenvalue weighted by atomic mass is 10.0. The molecule has 7 nitrogen and oxygen atoms in total. The fourth-order valence-corrected chi connectivity index (χ4v) is 4.69. The molecule has 0 bridgehead atoms. The lowest BCUT2D eigenvalue weighted by molar-refractivity contribution is -0.187. The Balaban J connectivity index is 1.64. The summed E-state index contributed by atoms with van der Waals surface area (Å²) in [6.45, 7) is 6.33. The zero-order chi connectivity index (χ0) is 19.7. The number of nitrogens with zero attached hydrogens (tertiary/aromatic N) is 2. The molecule has 0 atom stereocenters. The van der Waals surface area contributed by atoms with E-state index in [1.807, 2.05) is 26.0 Å². The Morgan fingerprint density at radius 3 is 2.41 bits per heavy atom. The van der Waals surface area contributed by atoms with Crippen LogP contribution in [-0.2, 0) is 24.3 Å². The van der Waals surface area contributed by atoms with Crippen molar-refractivity contribution >= 4 is 21.6 Å². The number of sulfonamides is 1. The van der Waals surface area contributed by atoms with E-state index in [0.29, 0.717) is 44.8 Å². The first-order valence-electron chi connectivity index (χ1n) is 9.31. The van der Waals surface area contributed by atoms with Gasteiger partial charge in [-0.15, -0.1) is 0 Å². The van der Waals surface area contributed by atoms with Crippen LogP contribution in [0.5, 0.6) is 0 Å². The van der Waals surface area contributed by atoms with Gasteiger partial charge in [-0.05, 0) is 31.0 Å². The second-order valence-electron chi connectivity index (χ2n) is 7.29. The molecule has 0 radical (unpaired) electrons. The van der Waals surface area contributed by atoms with Crippen molar-refractivity contribution in [3.63, 3.8) is 0 Å². The first-order chi connectivity index (χ1) is 12.7. The summed E-state index contributed by atoms with van der Waals surface area (Å²) in [5, 5.41) is 0. The molecule has 1 aromatic carbocycles. The number of carbonyl (C=O) groups is 1. The summed E-state index contributed by atoms with van der Waals surface area (Å²) in [6.07, 6.45) is 2.64. The van der Waals surface area contributed by atoms with E-state index < -0.39 is 15.8 Å². The maximum atomic E-state index is 12.6. The smallest absolute Gasteiger partial charge is 0.232 e. The van der Waals surface area contributed by atoms with Crippen LogP contribution in [0, 0.1) is 13.8 Å². The number of rotatable bonds is 5. The Kier molecular flexibility index (Phi) is 5.79. The van der Waals surface area contributed by atoms with Gasteiger partial charge >= 0.3 is 0 Å². The highest BCUT2D eigenvalue weighted by molar-refractivity contribution is 7.92. The number of hydrogen-bond acceptors (Lipinski definition) is 5. The van der Waals surface area contributed by atoms with Crippen LogP contribution >= 0.6 is 0 Å². The Morgan fingerprint density at radius 1 is 1.19 bits per heavy atom. The summed E-state index contributed by atoms with van der Waals surface area (Å²) in [5.41, 5.74) is 2.56. The number of carbonyl (C=O) groups excluding carboxylic acids is 1. The van der Waals surface area contributed by atoms with E-state index in [-0.39, 0.29) is 18.9 Å². The van der Waals surface area contributed by atoms with Gasteiger partial charge in [-0.3, -0.25) is 9.10 Å². The molecule has 3 rings (SSSR count). The third-order valence-electron chi connectivity index (χ3n) is 5.47. The second-order valence-corrected chi connectivity index (χ2v) is 9.20. The normalized spacial score (nSPS) is 19.4. The highest BCUT2D eigenvalue weighted by Gasteiger charge is 2.40. The molecule has 0 aliphatic carbocycles. The molecule has 2 saturated heterocycles. The Bertz CT molecular complexity index is 792. The highest BCUT2D eigenvalue weighted by atomic mass is 32.2. The molecule has 2 aliphatic heterocycles. The van der Waals surface area contributed by atoms with E-state index in [0.717, 1.165) is 11.1 Å². The summed E-state index contributed by atoms with van der Waals surface area (Å²) in [4.78, 5) is 14.4. The lowest BCUT2D eigenvalue weighted by Gasteiger charge is -2.37. The van der Waals surface area contributed by atoms with Crippen LogP contribution in [0.4, 0.5) is 5.69 Å². The van der Waals surface area contributed by atoms with Gasteiger partial charge in [0.1, 0.15) is 0 Å². The number of benzene rings is 1. The van der Waals surface area contributed by atoms with Crippen LogP contribution in [0.25, 0.3) is 0 Å². The molecule has 2 aliphatic rings. The van der Waals surface area contributed by atoms with Crippen molar-refractivity contribution < 1.29 is 22.7 Å². The molecule has 2 heterocycles. The minimum Gasteiger partial charge on any atom is -0.347 e. The summed E-state index contributed by atoms with van der Waals surface area (Å²) in [5.74, 6) is -0.560. The number of likely N-dealkylation sites (tertiary alicyclic amines) is 1. The maximum absolute atomic E-state index is 12.6. The third kappa shape index (κ3) is 4.44. The van der Waals surface area contributed by atoms with Crippen LogP contribution in [0.15, 0.2) is 18.2 Å². The highest BCUT2D eigenvalue weighted by Crippen LogP contribution is 2.31. The Labute approximate surface area is 161 Å². The summed E-state index contributed by atoms with van der Waals surface area (Å²) >= 11 is 0. The number of anilines is 1. The number of ether oxygens (including phenoxy) is 2. The lowest BCUT2D eigenvalue weighted by Crippen LogP contribution is -2.48. The molecule has 0 saturated carbocycles. The molecule has 1 aromatic rings. The van der Waals surface area contributed by atoms with E-state index in [9.17, 15) is 13.2 Å². The number of aryl methyl sites for hydroxylation is 1. The van der Waals surface area contributed by atoms with Crippen LogP contribution in [0.1, 0.15) is 30.4 Å². The minimum absolute atomic E-state index is 0.0400. The predicted octanol–water partition coefficient (Wildman–Crippen LogP) is 1.83. The first kappa shape index (κ1) is 20.1. The monoisotopic (exact) mass is 396 g/mol. The molecule has 1 amide bonds. The molecule has 27 heavy (non-hydrogen) atoms. The summed E-state index contributed by atoms with van der Waals surface area (Å²) in [7, 11) is -3.48. The van der Waals surface area contributed by atoms with Gasteiger partial charge in [-0.2, -0.15) is 0 Å². The Hall–Kier alpha value is -1.64. The van der Waals surface area contributed by atoms with Crippen LogP contribution in [0.2, 0.25) is 0 Å². The van der Waals surface area contributed by atoms with E-state index in [1.165, 1.54) is 10.6 Å². The topological polar surface area (TPSA) is 76.2 Å². The van der Waals surface area contributed by atoms with Gasteiger partial charge in [0.25, 0.3) is 0 Å². The van der Waals surface area contributed by atoms with Gasteiger partial charge in [0.15, 0.2) is 5.79 Å². The van der Waals surface area contributed by atoms with Gasteiger partial charge in [-0.25, -0.2) is 8.42 Å². The van der Waals surface area contributed by atoms with Crippen molar-refractivity contribution in [3.8, 4) is 0 Å². The molecule has 0 aromatic heterocycles. The summed E-state index contributed by atoms with van der Waals surface area (Å²) < 4.78 is 37.4. The van der Waals surface area contributed by atoms with Gasteiger partial charge in [0.05, 0.1) is 25.2 Å². The van der Waals surface area contributed by atoms with Crippen molar-refractivity contribution in [1.82, 2.24) is 4.90 Å². The van der Waals surface area contributed by atoms with Crippen molar-refractivity contribution in [2.24, 2.45) is 0 Å². The van der Waals surface area contributed by atoms with E-state index in [4.69, 9.17) is 9.47 Å². The quantitative estimate of drug-likeness (QED) is 0.759. The molecular formula is C19H28N2O5S. The molecule has 1 spiro atoms. The van der Waals surface area contributed by atoms with Gasteiger partial charge in [0, 0.05) is 38.9 Å². The largest absolute Gasteiger partial charge is 0.347 e. The number of piperidine rings is 1. The predicted molar refractivity (Wildman–Crippen MR) is 103 cm³/mol. The zero-order valence-electron chi connectivity index (χ0n) is 16.2. The fourth-order valence-electron chi connectivity index (χ4n) is 3.71. The van der Waals surface area contributed by atoms with Crippen molar-refractivity contribution in [2.45, 2.75) is 38.9 Å². The number of amides is 1. The molecule has 150 valence electrons. The standard InChI is InChI=1S/C19H28N2O5S/c1-15-5-4-6-17(16(15)2)21(27(3,23)24)10-7-18(22)20-11-8-19(9-12-20)25-13-14-26-19/h4-6H,7-14H2,1-3H3. The van der Waals surface area contributed by atoms with Crippen LogP contribution in [0.3, 0.4) is 0 Å². The first-order valence-corrected chi connectivity index (χ1v) is 11.2. The third-order valence-corrected chi connectivity index (χ3v) is 6.65. The molecule has 0 N–H and O–H groups in total. The Morgan fingerprint density at radius 2 is 1.81 bits per heavy atom. The zero-order valence-corrected chi connectivity index (χ0v) is 17.0. The van der Waals surface area contributed by atoms with Gasteiger partial charge in [-0.1, -0.05) is 12.1 Å². The second kappa shape index (κ2) is 7.77. The van der Waals surface area contributed by atoms with Crippen molar-refractivity contribution in [3.05, 3.63) is 29.3 Å². The van der Waals surface area contributed by atoms with Gasteiger partial charge in [0.2, 0.25) is 15.9 Å².